The van der Waals surface area contributed by atoms with E-state index in [2.05, 4.69) is 20.6 Å². The van der Waals surface area contributed by atoms with Gasteiger partial charge in [-0.05, 0) is 55.8 Å². The van der Waals surface area contributed by atoms with Crippen molar-refractivity contribution in [2.45, 2.75) is 19.4 Å². The van der Waals surface area contributed by atoms with Gasteiger partial charge in [0.15, 0.2) is 29.6 Å². The first-order valence-corrected chi connectivity index (χ1v) is 15.3. The number of ether oxygens (including phenoxy) is 1. The quantitative estimate of drug-likeness (QED) is 0.275. The molecule has 0 radical (unpaired) electrons. The highest BCUT2D eigenvalue weighted by Gasteiger charge is 2.34. The minimum atomic E-state index is -0.769. The Morgan fingerprint density at radius 3 is 2.72 bits per heavy atom. The van der Waals surface area contributed by atoms with Crippen LogP contribution in [0.1, 0.15) is 22.3 Å². The van der Waals surface area contributed by atoms with Gasteiger partial charge in [-0.2, -0.15) is 5.26 Å². The molecule has 0 aliphatic carbocycles. The van der Waals surface area contributed by atoms with E-state index in [-0.39, 0.29) is 29.2 Å². The lowest BCUT2D eigenvalue weighted by molar-refractivity contribution is -0.141. The molecule has 2 saturated heterocycles. The average molecular weight is 647 g/mol. The molecule has 2 atom stereocenters. The lowest BCUT2D eigenvalue weighted by atomic mass is 9.93. The fraction of sp³-hybridized carbons (Fsp3) is 0.344. The van der Waals surface area contributed by atoms with Crippen LogP contribution >= 0.6 is 11.6 Å². The van der Waals surface area contributed by atoms with Gasteiger partial charge in [-0.25, -0.2) is 14.4 Å². The maximum Gasteiger partial charge on any atom is 0.254 e. The van der Waals surface area contributed by atoms with Crippen LogP contribution in [0.2, 0.25) is 5.02 Å². The number of aliphatic hydroxyl groups is 1. The smallest absolute Gasteiger partial charge is 0.254 e. The Hall–Kier alpha value is -4.77. The van der Waals surface area contributed by atoms with Crippen LogP contribution < -0.4 is 15.4 Å². The zero-order chi connectivity index (χ0) is 32.4. The minimum absolute atomic E-state index is 0.0456. The van der Waals surface area contributed by atoms with Gasteiger partial charge in [-0.15, -0.1) is 0 Å². The van der Waals surface area contributed by atoms with Crippen LogP contribution in [0.25, 0.3) is 16.9 Å². The van der Waals surface area contributed by atoms with E-state index in [0.717, 1.165) is 5.56 Å². The molecule has 4 heterocycles. The molecule has 1 unspecified atom stereocenters. The summed E-state index contributed by atoms with van der Waals surface area (Å²) in [6.07, 6.45) is 4.74. The Morgan fingerprint density at radius 1 is 1.20 bits per heavy atom. The van der Waals surface area contributed by atoms with Gasteiger partial charge in [-0.1, -0.05) is 11.6 Å². The molecule has 14 heteroatoms. The van der Waals surface area contributed by atoms with E-state index < -0.39 is 17.8 Å². The van der Waals surface area contributed by atoms with E-state index in [0.29, 0.717) is 79.7 Å². The van der Waals surface area contributed by atoms with Gasteiger partial charge in [0.1, 0.15) is 6.07 Å². The number of benzene rings is 2. The lowest BCUT2D eigenvalue weighted by Gasteiger charge is -2.38. The van der Waals surface area contributed by atoms with Crippen molar-refractivity contribution in [3.63, 3.8) is 0 Å². The molecule has 3 N–H and O–H groups in total. The van der Waals surface area contributed by atoms with Gasteiger partial charge in [-0.3, -0.25) is 14.0 Å². The molecule has 6 rings (SSSR count). The number of hydrogen-bond donors (Lipinski definition) is 3. The topological polar surface area (TPSA) is 148 Å². The van der Waals surface area contributed by atoms with E-state index in [9.17, 15) is 19.1 Å². The number of aromatic nitrogens is 3. The molecule has 2 aliphatic heterocycles. The second kappa shape index (κ2) is 13.3. The third-order valence-electron chi connectivity index (χ3n) is 8.41. The largest absolute Gasteiger partial charge is 0.476 e. The molecule has 2 amide bonds. The number of anilines is 2. The number of β-amino-alcohol motifs (C(OH)–C–C–N with tert-alkyl or cyclic N) is 1. The summed E-state index contributed by atoms with van der Waals surface area (Å²) in [6, 6.07) is 10.2. The predicted molar refractivity (Wildman–Crippen MR) is 168 cm³/mol. The van der Waals surface area contributed by atoms with Gasteiger partial charge in [0.05, 0.1) is 28.9 Å². The molecule has 238 valence electrons. The highest BCUT2D eigenvalue weighted by Crippen LogP contribution is 2.36. The molecule has 0 spiro atoms. The summed E-state index contributed by atoms with van der Waals surface area (Å²) in [5.41, 5.74) is 3.41. The second-order valence-electron chi connectivity index (χ2n) is 11.2. The highest BCUT2D eigenvalue weighted by molar-refractivity contribution is 6.33. The first-order chi connectivity index (χ1) is 22.3. The van der Waals surface area contributed by atoms with Gasteiger partial charge in [0.2, 0.25) is 5.91 Å². The SMILES string of the molecule is Cc1cc(Nc2nccn3c(-c4ccc(OCC#N)c(F)c4Cl)cnc23)ccc1C(=O)N1CCN(C(=O)C2CCNC[C@@H]2O)CC1. The van der Waals surface area contributed by atoms with E-state index in [1.165, 1.54) is 6.07 Å². The number of carbonyl (C=O) groups excluding carboxylic acids is 2. The van der Waals surface area contributed by atoms with Crippen LogP contribution in [-0.4, -0.2) is 93.1 Å². The van der Waals surface area contributed by atoms with E-state index in [1.54, 1.807) is 57.1 Å². The van der Waals surface area contributed by atoms with Crippen LogP contribution in [0.4, 0.5) is 15.9 Å². The number of piperazine rings is 1. The number of rotatable bonds is 7. The average Bonchev–Trinajstić information content (AvgIpc) is 3.50. The number of piperidine rings is 1. The molecule has 2 aromatic carbocycles. The van der Waals surface area contributed by atoms with Gasteiger partial charge in [0.25, 0.3) is 5.91 Å². The fourth-order valence-electron chi connectivity index (χ4n) is 5.94. The van der Waals surface area contributed by atoms with Crippen LogP contribution in [0.15, 0.2) is 48.9 Å². The van der Waals surface area contributed by atoms with Gasteiger partial charge < -0.3 is 30.3 Å². The maximum absolute atomic E-state index is 14.8. The summed E-state index contributed by atoms with van der Waals surface area (Å²) < 4.78 is 21.7. The summed E-state index contributed by atoms with van der Waals surface area (Å²) in [5, 5.41) is 25.2. The number of imidazole rings is 1. The van der Waals surface area contributed by atoms with Crippen molar-refractivity contribution in [3.8, 4) is 23.1 Å². The van der Waals surface area contributed by atoms with Crippen LogP contribution in [-0.2, 0) is 4.79 Å². The standard InChI is InChI=1S/C32H32ClFN8O4/c1-19-16-20(2-3-21(19)31(44)40-11-13-41(14-12-40)32(45)23-6-8-36-18-25(23)43)39-29-30-38-17-24(42(30)10-9-37-29)22-4-5-26(46-15-7-35)28(34)27(22)33/h2-5,9-10,16-17,23,25,36,43H,6,8,11-15,18H2,1H3,(H,37,39)/t23?,25-/m0/s1. The fourth-order valence-corrected chi connectivity index (χ4v) is 6.19. The summed E-state index contributed by atoms with van der Waals surface area (Å²) in [6.45, 7) is 4.38. The molecule has 4 aromatic rings. The summed E-state index contributed by atoms with van der Waals surface area (Å²) in [7, 11) is 0. The number of aliphatic hydroxyl groups excluding tert-OH is 1. The Bertz CT molecular complexity index is 1830. The number of hydrogen-bond acceptors (Lipinski definition) is 9. The summed E-state index contributed by atoms with van der Waals surface area (Å²) in [4.78, 5) is 38.8. The van der Waals surface area contributed by atoms with Crippen molar-refractivity contribution in [3.05, 3.63) is 70.9 Å². The zero-order valence-corrected chi connectivity index (χ0v) is 25.8. The minimum Gasteiger partial charge on any atom is -0.476 e. The van der Waals surface area contributed by atoms with Crippen LogP contribution in [0.5, 0.6) is 5.75 Å². The van der Waals surface area contributed by atoms with Crippen molar-refractivity contribution in [1.82, 2.24) is 29.5 Å². The first kappa shape index (κ1) is 31.2. The lowest BCUT2D eigenvalue weighted by Crippen LogP contribution is -2.55. The third kappa shape index (κ3) is 6.06. The Balaban J connectivity index is 1.14. The molecule has 46 heavy (non-hydrogen) atoms. The monoisotopic (exact) mass is 646 g/mol. The highest BCUT2D eigenvalue weighted by atomic mass is 35.5. The van der Waals surface area contributed by atoms with Crippen molar-refractivity contribution in [2.24, 2.45) is 5.92 Å². The maximum atomic E-state index is 14.8. The summed E-state index contributed by atoms with van der Waals surface area (Å²) in [5.74, 6) is -0.995. The van der Waals surface area contributed by atoms with Crippen molar-refractivity contribution < 1.29 is 23.8 Å². The molecular formula is C32H32ClFN8O4. The van der Waals surface area contributed by atoms with Gasteiger partial charge in [0, 0.05) is 61.9 Å². The first-order valence-electron chi connectivity index (χ1n) is 14.9. The Morgan fingerprint density at radius 2 is 1.98 bits per heavy atom. The number of aryl methyl sites for hydroxylation is 1. The zero-order valence-electron chi connectivity index (χ0n) is 25.0. The normalized spacial score (nSPS) is 18.3. The van der Waals surface area contributed by atoms with Crippen molar-refractivity contribution in [1.29, 1.82) is 5.26 Å². The van der Waals surface area contributed by atoms with Crippen molar-refractivity contribution in [2.75, 3.05) is 51.2 Å². The number of nitrogens with one attached hydrogen (secondary N) is 2. The Labute approximate surface area is 269 Å². The number of fused-ring (bicyclic) bond motifs is 1. The molecule has 2 aliphatic rings. The number of halogens is 2. The molecule has 2 fully saturated rings. The van der Waals surface area contributed by atoms with Crippen LogP contribution in [0, 0.1) is 30.0 Å². The number of nitriles is 1. The molecular weight excluding hydrogens is 615 g/mol. The number of amides is 2. The molecule has 2 aromatic heterocycles. The van der Waals surface area contributed by atoms with Gasteiger partial charge >= 0.3 is 0 Å². The Kier molecular flexibility index (Phi) is 9.03. The van der Waals surface area contributed by atoms with E-state index >= 15 is 0 Å². The number of nitrogens with zero attached hydrogens (tertiary/aromatic N) is 6. The molecule has 0 saturated carbocycles. The third-order valence-corrected chi connectivity index (χ3v) is 8.78. The van der Waals surface area contributed by atoms with Crippen molar-refractivity contribution >= 4 is 40.6 Å². The molecule has 12 nitrogen and oxygen atoms in total. The molecule has 0 bridgehead atoms. The second-order valence-corrected chi connectivity index (χ2v) is 11.6. The number of carbonyl (C=O) groups is 2. The van der Waals surface area contributed by atoms with E-state index in [1.807, 2.05) is 13.0 Å². The van der Waals surface area contributed by atoms with Crippen LogP contribution in [0.3, 0.4) is 0 Å². The van der Waals surface area contributed by atoms with E-state index in [4.69, 9.17) is 21.6 Å². The predicted octanol–water partition coefficient (Wildman–Crippen LogP) is 3.40. The summed E-state index contributed by atoms with van der Waals surface area (Å²) >= 11 is 6.34.